The molecule has 11 heteroatoms. The average molecular weight is 442 g/mol. The van der Waals surface area contributed by atoms with E-state index in [1.807, 2.05) is 6.92 Å². The summed E-state index contributed by atoms with van der Waals surface area (Å²) < 4.78 is 15.8. The lowest BCUT2D eigenvalue weighted by Crippen LogP contribution is -2.47. The highest BCUT2D eigenvalue weighted by atomic mass is 19.1. The van der Waals surface area contributed by atoms with Gasteiger partial charge in [-0.3, -0.25) is 14.4 Å². The van der Waals surface area contributed by atoms with E-state index in [4.69, 9.17) is 0 Å². The Bertz CT molecular complexity index is 1280. The van der Waals surface area contributed by atoms with Crippen molar-refractivity contribution in [1.29, 1.82) is 0 Å². The summed E-state index contributed by atoms with van der Waals surface area (Å²) in [4.78, 5) is 44.4. The Morgan fingerprint density at radius 2 is 2.06 bits per heavy atom. The number of aliphatic hydroxyl groups is 1. The quantitative estimate of drug-likeness (QED) is 0.586. The third-order valence-electron chi connectivity index (χ3n) is 5.56. The van der Waals surface area contributed by atoms with Crippen molar-refractivity contribution in [1.82, 2.24) is 24.1 Å². The van der Waals surface area contributed by atoms with Crippen molar-refractivity contribution in [3.05, 3.63) is 57.5 Å². The highest BCUT2D eigenvalue weighted by Crippen LogP contribution is 2.28. The third-order valence-corrected chi connectivity index (χ3v) is 5.56. The first-order valence-electron chi connectivity index (χ1n) is 10.1. The first-order valence-corrected chi connectivity index (χ1v) is 10.1. The van der Waals surface area contributed by atoms with Gasteiger partial charge in [0.25, 0.3) is 11.5 Å². The van der Waals surface area contributed by atoms with Crippen molar-refractivity contribution in [2.24, 2.45) is 0 Å². The van der Waals surface area contributed by atoms with E-state index in [2.05, 4.69) is 15.4 Å². The Hall–Kier alpha value is -3.60. The van der Waals surface area contributed by atoms with Gasteiger partial charge in [0.1, 0.15) is 29.5 Å². The molecule has 4 rings (SSSR count). The van der Waals surface area contributed by atoms with Crippen LogP contribution in [-0.2, 0) is 24.3 Å². The molecule has 10 nitrogen and oxygen atoms in total. The predicted molar refractivity (Wildman–Crippen MR) is 113 cm³/mol. The van der Waals surface area contributed by atoms with Crippen molar-refractivity contribution in [3.8, 4) is 0 Å². The number of anilines is 1. The van der Waals surface area contributed by atoms with Gasteiger partial charge in [-0.15, -0.1) is 0 Å². The minimum atomic E-state index is -0.905. The molecule has 2 amide bonds. The molecular formula is C21H23FN6O4. The molecule has 1 aliphatic rings. The molecule has 0 bridgehead atoms. The maximum atomic E-state index is 13.3. The fourth-order valence-corrected chi connectivity index (χ4v) is 3.69. The Labute approximate surface area is 182 Å². The van der Waals surface area contributed by atoms with E-state index in [9.17, 15) is 23.9 Å². The minimum absolute atomic E-state index is 0.00104. The van der Waals surface area contributed by atoms with Crippen LogP contribution in [0.2, 0.25) is 0 Å². The molecule has 0 saturated carbocycles. The Morgan fingerprint density at radius 3 is 2.69 bits per heavy atom. The monoisotopic (exact) mass is 442 g/mol. The normalized spacial score (nSPS) is 13.7. The third kappa shape index (κ3) is 3.54. The van der Waals surface area contributed by atoms with E-state index >= 15 is 0 Å². The van der Waals surface area contributed by atoms with Crippen molar-refractivity contribution >= 4 is 23.3 Å². The molecule has 0 radical (unpaired) electrons. The van der Waals surface area contributed by atoms with Crippen LogP contribution < -0.4 is 10.9 Å². The van der Waals surface area contributed by atoms with E-state index in [0.717, 1.165) is 6.20 Å². The number of nitrogens with zero attached hydrogens (tertiary/aromatic N) is 5. The summed E-state index contributed by atoms with van der Waals surface area (Å²) in [5, 5.41) is 16.6. The maximum absolute atomic E-state index is 13.3. The van der Waals surface area contributed by atoms with Crippen LogP contribution in [0, 0.1) is 5.82 Å². The van der Waals surface area contributed by atoms with Gasteiger partial charge in [-0.1, -0.05) is 6.92 Å². The minimum Gasteiger partial charge on any atom is -0.394 e. The number of fused-ring (bicyclic) bond motifs is 2. The molecule has 0 fully saturated rings. The summed E-state index contributed by atoms with van der Waals surface area (Å²) >= 11 is 0. The summed E-state index contributed by atoms with van der Waals surface area (Å²) in [7, 11) is 0. The fraction of sp³-hybridized carbons (Fsp3) is 0.381. The van der Waals surface area contributed by atoms with E-state index in [-0.39, 0.29) is 36.8 Å². The van der Waals surface area contributed by atoms with Gasteiger partial charge in [-0.2, -0.15) is 9.61 Å². The lowest BCUT2D eigenvalue weighted by molar-refractivity contribution is -0.116. The molecule has 4 heterocycles. The highest BCUT2D eigenvalue weighted by molar-refractivity contribution is 5.99. The molecule has 2 N–H and O–H groups in total. The number of hydrogen-bond donors (Lipinski definition) is 2. The van der Waals surface area contributed by atoms with Crippen LogP contribution in [-0.4, -0.2) is 53.1 Å². The number of rotatable bonds is 6. The van der Waals surface area contributed by atoms with Crippen LogP contribution in [0.1, 0.15) is 42.5 Å². The second kappa shape index (κ2) is 7.83. The average Bonchev–Trinajstić information content (AvgIpc) is 3.35. The van der Waals surface area contributed by atoms with Gasteiger partial charge in [-0.05, 0) is 32.4 Å². The topological polar surface area (TPSA) is 122 Å². The molecule has 168 valence electrons. The lowest BCUT2D eigenvalue weighted by Gasteiger charge is -2.33. The van der Waals surface area contributed by atoms with Crippen LogP contribution >= 0.6 is 0 Å². The Kier molecular flexibility index (Phi) is 5.29. The molecule has 32 heavy (non-hydrogen) atoms. The highest BCUT2D eigenvalue weighted by Gasteiger charge is 2.41. The second-order valence-corrected chi connectivity index (χ2v) is 8.25. The number of aryl methyl sites for hydroxylation is 1. The molecule has 1 aliphatic heterocycles. The number of carbonyl (C=O) groups excluding carboxylic acids is 2. The van der Waals surface area contributed by atoms with Crippen LogP contribution in [0.25, 0.3) is 5.65 Å². The largest absolute Gasteiger partial charge is 0.394 e. The van der Waals surface area contributed by atoms with Crippen molar-refractivity contribution in [2.75, 3.05) is 11.9 Å². The zero-order valence-corrected chi connectivity index (χ0v) is 17.9. The van der Waals surface area contributed by atoms with Crippen molar-refractivity contribution in [2.45, 2.75) is 45.8 Å². The predicted octanol–water partition coefficient (Wildman–Crippen LogP) is 0.958. The first-order chi connectivity index (χ1) is 15.2. The number of halogens is 1. The number of carbonyl (C=O) groups is 2. The molecule has 0 spiro atoms. The summed E-state index contributed by atoms with van der Waals surface area (Å²) in [5.74, 6) is -1.34. The molecule has 0 aliphatic carbocycles. The Morgan fingerprint density at radius 1 is 1.31 bits per heavy atom. The smallest absolute Gasteiger partial charge is 0.280 e. The number of pyridine rings is 1. The molecule has 0 unspecified atom stereocenters. The van der Waals surface area contributed by atoms with Crippen molar-refractivity contribution in [3.63, 3.8) is 0 Å². The maximum Gasteiger partial charge on any atom is 0.280 e. The standard InChI is InChI=1S/C21H23FN6O4/c1-4-13-7-17-26(10-16(30)24-15-6-5-12(22)8-23-15)18-14(19(31)28(17)25-13)9-27(20(18)32)21(2,3)11-29/h5-8,29H,4,9-11H2,1-3H3,(H,23,24,30). The molecule has 3 aromatic heterocycles. The van der Waals surface area contributed by atoms with E-state index in [0.29, 0.717) is 17.8 Å². The van der Waals surface area contributed by atoms with E-state index in [1.165, 1.54) is 26.1 Å². The Balaban J connectivity index is 1.81. The van der Waals surface area contributed by atoms with Gasteiger partial charge >= 0.3 is 0 Å². The van der Waals surface area contributed by atoms with E-state index < -0.39 is 28.7 Å². The SMILES string of the molecule is CCc1cc2n(CC(=O)Nc3ccc(F)cn3)c3c(c(=O)n2n1)CN(C(C)(C)CO)C3=O. The summed E-state index contributed by atoms with van der Waals surface area (Å²) in [5.41, 5.74) is -0.0884. The van der Waals surface area contributed by atoms with Gasteiger partial charge < -0.3 is 19.9 Å². The summed E-state index contributed by atoms with van der Waals surface area (Å²) in [6.07, 6.45) is 1.54. The molecule has 3 aromatic rings. The van der Waals surface area contributed by atoms with E-state index in [1.54, 1.807) is 19.9 Å². The molecule has 0 aromatic carbocycles. The van der Waals surface area contributed by atoms with Gasteiger partial charge in [0.2, 0.25) is 5.91 Å². The second-order valence-electron chi connectivity index (χ2n) is 8.25. The van der Waals surface area contributed by atoms with Crippen LogP contribution in [0.4, 0.5) is 10.2 Å². The fourth-order valence-electron chi connectivity index (χ4n) is 3.69. The zero-order valence-electron chi connectivity index (χ0n) is 17.9. The number of amides is 2. The molecular weight excluding hydrogens is 419 g/mol. The van der Waals surface area contributed by atoms with Gasteiger partial charge in [0.05, 0.1) is 36.1 Å². The van der Waals surface area contributed by atoms with Gasteiger partial charge in [0.15, 0.2) is 0 Å². The van der Waals surface area contributed by atoms with Crippen LogP contribution in [0.15, 0.2) is 29.2 Å². The summed E-state index contributed by atoms with van der Waals surface area (Å²) in [6.45, 7) is 4.68. The van der Waals surface area contributed by atoms with Crippen LogP contribution in [0.5, 0.6) is 0 Å². The zero-order chi connectivity index (χ0) is 23.2. The molecule has 0 atom stereocenters. The number of aliphatic hydroxyl groups excluding tert-OH is 1. The number of aromatic nitrogens is 4. The number of hydrogen-bond acceptors (Lipinski definition) is 6. The van der Waals surface area contributed by atoms with Crippen LogP contribution in [0.3, 0.4) is 0 Å². The lowest BCUT2D eigenvalue weighted by atomic mass is 10.1. The number of nitrogens with one attached hydrogen (secondary N) is 1. The van der Waals surface area contributed by atoms with Gasteiger partial charge in [-0.25, -0.2) is 9.37 Å². The van der Waals surface area contributed by atoms with Crippen molar-refractivity contribution < 1.29 is 19.1 Å². The first kappa shape index (κ1) is 21.6. The molecule has 0 saturated heterocycles. The van der Waals surface area contributed by atoms with Gasteiger partial charge in [0, 0.05) is 6.07 Å². The summed E-state index contributed by atoms with van der Waals surface area (Å²) in [6, 6.07) is 4.16.